The van der Waals surface area contributed by atoms with E-state index in [1.165, 1.54) is 12.1 Å². The van der Waals surface area contributed by atoms with Crippen LogP contribution in [0.1, 0.15) is 12.5 Å². The van der Waals surface area contributed by atoms with Crippen LogP contribution in [0.2, 0.25) is 0 Å². The average molecular weight is 338 g/mol. The molecule has 3 nitrogen and oxygen atoms in total. The van der Waals surface area contributed by atoms with Crippen molar-refractivity contribution >= 4 is 28.0 Å². The number of fused-ring (bicyclic) bond motifs is 1. The normalized spacial score (nSPS) is 19.1. The third-order valence-electron chi connectivity index (χ3n) is 2.53. The first kappa shape index (κ1) is 12.5. The second-order valence-corrected chi connectivity index (χ2v) is 4.84. The Kier molecular flexibility index (Phi) is 3.00. The van der Waals surface area contributed by atoms with Crippen molar-refractivity contribution in [2.45, 2.75) is 19.2 Å². The number of hydrogen-bond acceptors (Lipinski definition) is 2. The summed E-state index contributed by atoms with van der Waals surface area (Å²) < 4.78 is 51.3. The maximum atomic E-state index is 12.9. The summed E-state index contributed by atoms with van der Waals surface area (Å²) in [4.78, 5) is 11.0. The molecule has 1 aliphatic heterocycles. The van der Waals surface area contributed by atoms with Gasteiger partial charge >= 0.3 is 12.1 Å². The predicted molar refractivity (Wildman–Crippen MR) is 65.0 cm³/mol. The van der Waals surface area contributed by atoms with Crippen molar-refractivity contribution in [3.63, 3.8) is 0 Å². The number of carboxylic acid groups (broad SMARTS) is 1. The molecule has 0 radical (unpaired) electrons. The van der Waals surface area contributed by atoms with Gasteiger partial charge in [0.25, 0.3) is 0 Å². The number of alkyl halides is 3. The molecule has 1 atom stereocenters. The quantitative estimate of drug-likeness (QED) is 0.852. The molecular formula is C12H8BrF3O3. The monoisotopic (exact) mass is 337 g/mol. The van der Waals surface area contributed by atoms with Gasteiger partial charge in [-0.25, -0.2) is 4.79 Å². The van der Waals surface area contributed by atoms with Gasteiger partial charge in [0.2, 0.25) is 6.10 Å². The fourth-order valence-corrected chi connectivity index (χ4v) is 2.29. The second kappa shape index (κ2) is 4.56. The molecule has 102 valence electrons. The Labute approximate surface area is 116 Å². The summed E-state index contributed by atoms with van der Waals surface area (Å²) in [5.41, 5.74) is -0.414. The van der Waals surface area contributed by atoms with E-state index in [-0.39, 0.29) is 23.8 Å². The van der Waals surface area contributed by atoms with Gasteiger partial charge in [-0.1, -0.05) is 15.9 Å². The standard InChI is InChI=1S/C12H8BrF3O3/c1-5-2-7(13)3-6-4-8(11(17)18)10(12(14,15)16)19-9(5)6/h2-4,10H,1H3,(H,17,18)/t10-/m0/s1/i1D. The number of aryl methyl sites for hydroxylation is 1. The van der Waals surface area contributed by atoms with Crippen LogP contribution in [0.15, 0.2) is 22.2 Å². The van der Waals surface area contributed by atoms with Crippen LogP contribution in [-0.4, -0.2) is 23.4 Å². The van der Waals surface area contributed by atoms with E-state index >= 15 is 0 Å². The highest BCUT2D eigenvalue weighted by Crippen LogP contribution is 2.40. The third-order valence-corrected chi connectivity index (χ3v) is 2.99. The summed E-state index contributed by atoms with van der Waals surface area (Å²) in [6.07, 6.45) is -6.43. The van der Waals surface area contributed by atoms with Crippen molar-refractivity contribution in [3.8, 4) is 5.75 Å². The molecule has 0 bridgehead atoms. The molecular weight excluding hydrogens is 329 g/mol. The first-order valence-corrected chi connectivity index (χ1v) is 5.83. The van der Waals surface area contributed by atoms with Crippen LogP contribution < -0.4 is 4.74 Å². The van der Waals surface area contributed by atoms with E-state index in [4.69, 9.17) is 11.2 Å². The lowest BCUT2D eigenvalue weighted by atomic mass is 9.99. The van der Waals surface area contributed by atoms with Crippen molar-refractivity contribution < 1.29 is 29.2 Å². The summed E-state index contributed by atoms with van der Waals surface area (Å²) in [6, 6.07) is 2.92. The predicted octanol–water partition coefficient (Wildman–Crippen LogP) is 3.55. The lowest BCUT2D eigenvalue weighted by Gasteiger charge is -2.28. The van der Waals surface area contributed by atoms with E-state index in [1.807, 2.05) is 0 Å². The number of halogens is 4. The van der Waals surface area contributed by atoms with Crippen LogP contribution >= 0.6 is 15.9 Å². The minimum atomic E-state index is -4.84. The Morgan fingerprint density at radius 1 is 1.53 bits per heavy atom. The van der Waals surface area contributed by atoms with Crippen molar-refractivity contribution in [3.05, 3.63) is 33.3 Å². The lowest BCUT2D eigenvalue weighted by Crippen LogP contribution is -2.40. The van der Waals surface area contributed by atoms with E-state index in [9.17, 15) is 18.0 Å². The van der Waals surface area contributed by atoms with Gasteiger partial charge in [0, 0.05) is 11.4 Å². The van der Waals surface area contributed by atoms with Crippen molar-refractivity contribution in [2.75, 3.05) is 0 Å². The highest BCUT2D eigenvalue weighted by Gasteiger charge is 2.48. The van der Waals surface area contributed by atoms with Gasteiger partial charge in [-0.2, -0.15) is 13.2 Å². The van der Waals surface area contributed by atoms with E-state index in [1.54, 1.807) is 0 Å². The first-order valence-electron chi connectivity index (χ1n) is 5.74. The highest BCUT2D eigenvalue weighted by molar-refractivity contribution is 9.10. The van der Waals surface area contributed by atoms with Crippen LogP contribution in [0.25, 0.3) is 6.08 Å². The molecule has 0 fully saturated rings. The van der Waals surface area contributed by atoms with Gasteiger partial charge in [0.15, 0.2) is 0 Å². The number of carbonyl (C=O) groups is 1. The fourth-order valence-electron chi connectivity index (χ4n) is 1.77. The summed E-state index contributed by atoms with van der Waals surface area (Å²) in [5, 5.41) is 8.90. The number of ether oxygens (including phenoxy) is 1. The molecule has 0 amide bonds. The molecule has 1 heterocycles. The average Bonchev–Trinajstić information content (AvgIpc) is 2.34. The molecule has 0 aliphatic carbocycles. The van der Waals surface area contributed by atoms with E-state index in [0.29, 0.717) is 4.47 Å². The molecule has 0 unspecified atom stereocenters. The molecule has 1 aliphatic rings. The smallest absolute Gasteiger partial charge is 0.430 e. The van der Waals surface area contributed by atoms with Crippen LogP contribution in [0.5, 0.6) is 5.75 Å². The van der Waals surface area contributed by atoms with Crippen molar-refractivity contribution in [2.24, 2.45) is 0 Å². The highest BCUT2D eigenvalue weighted by atomic mass is 79.9. The van der Waals surface area contributed by atoms with Crippen LogP contribution in [0.4, 0.5) is 13.2 Å². The van der Waals surface area contributed by atoms with Gasteiger partial charge in [0.05, 0.1) is 5.57 Å². The Bertz CT molecular complexity index is 598. The Morgan fingerprint density at radius 3 is 2.74 bits per heavy atom. The summed E-state index contributed by atoms with van der Waals surface area (Å²) in [6.45, 7) is -0.275. The second-order valence-electron chi connectivity index (χ2n) is 3.93. The number of carboxylic acids is 1. The Balaban J connectivity index is 2.62. The van der Waals surface area contributed by atoms with Gasteiger partial charge in [-0.3, -0.25) is 0 Å². The number of benzene rings is 1. The molecule has 0 saturated heterocycles. The molecule has 0 spiro atoms. The molecule has 1 aromatic rings. The van der Waals surface area contributed by atoms with Gasteiger partial charge in [-0.15, -0.1) is 0 Å². The molecule has 1 aromatic carbocycles. The van der Waals surface area contributed by atoms with Crippen LogP contribution in [-0.2, 0) is 4.79 Å². The lowest BCUT2D eigenvalue weighted by molar-refractivity contribution is -0.187. The SMILES string of the molecule is [2H]Cc1cc(Br)cc2c1O[C@H](C(F)(F)F)C(C(=O)O)=C2. The fraction of sp³-hybridized carbons (Fsp3) is 0.250. The van der Waals surface area contributed by atoms with Gasteiger partial charge < -0.3 is 9.84 Å². The minimum absolute atomic E-state index is 0.101. The van der Waals surface area contributed by atoms with Crippen molar-refractivity contribution in [1.29, 1.82) is 0 Å². The maximum Gasteiger partial charge on any atom is 0.430 e. The molecule has 0 aromatic heterocycles. The Morgan fingerprint density at radius 2 is 2.21 bits per heavy atom. The van der Waals surface area contributed by atoms with Gasteiger partial charge in [-0.05, 0) is 30.7 Å². The maximum absolute atomic E-state index is 12.9. The molecule has 2 rings (SSSR count). The van der Waals surface area contributed by atoms with Crippen LogP contribution in [0.3, 0.4) is 0 Å². The molecule has 19 heavy (non-hydrogen) atoms. The largest absolute Gasteiger partial charge is 0.478 e. The first-order chi connectivity index (χ1) is 9.24. The van der Waals surface area contributed by atoms with Gasteiger partial charge in [0.1, 0.15) is 5.75 Å². The summed E-state index contributed by atoms with van der Waals surface area (Å²) in [7, 11) is 0. The number of hydrogen-bond donors (Lipinski definition) is 1. The third kappa shape index (κ3) is 2.60. The Hall–Kier alpha value is -1.50. The summed E-state index contributed by atoms with van der Waals surface area (Å²) >= 11 is 3.16. The van der Waals surface area contributed by atoms with Crippen LogP contribution in [0, 0.1) is 6.90 Å². The van der Waals surface area contributed by atoms with E-state index in [0.717, 1.165) is 6.08 Å². The number of rotatable bonds is 1. The molecule has 7 heteroatoms. The van der Waals surface area contributed by atoms with E-state index in [2.05, 4.69) is 15.9 Å². The zero-order valence-electron chi connectivity index (χ0n) is 10.3. The molecule has 0 saturated carbocycles. The number of aliphatic carboxylic acids is 1. The minimum Gasteiger partial charge on any atom is -0.478 e. The molecule has 1 N–H and O–H groups in total. The zero-order valence-corrected chi connectivity index (χ0v) is 10.9. The zero-order chi connectivity index (χ0) is 15.1. The van der Waals surface area contributed by atoms with E-state index < -0.39 is 23.8 Å². The topological polar surface area (TPSA) is 46.5 Å². The van der Waals surface area contributed by atoms with Crippen molar-refractivity contribution in [1.82, 2.24) is 0 Å². The summed E-state index contributed by atoms with van der Waals surface area (Å²) in [5.74, 6) is -1.79.